The molecule has 1 heterocycles. The molecule has 1 atom stereocenters. The highest BCUT2D eigenvalue weighted by atomic mass is 19.1. The van der Waals surface area contributed by atoms with Crippen molar-refractivity contribution < 1.29 is 14.3 Å². The molecule has 1 aliphatic rings. The fraction of sp³-hybridized carbons (Fsp3) is 0.350. The van der Waals surface area contributed by atoms with E-state index in [1.54, 1.807) is 17.0 Å². The molecule has 2 aromatic carbocycles. The fourth-order valence-corrected chi connectivity index (χ4v) is 3.19. The molecular weight excluding hydrogens is 319 g/mol. The summed E-state index contributed by atoms with van der Waals surface area (Å²) < 4.78 is 13.0. The average molecular weight is 342 g/mol. The molecule has 0 saturated carbocycles. The Bertz CT molecular complexity index is 707. The zero-order valence-corrected chi connectivity index (χ0v) is 14.3. The number of anilines is 1. The second kappa shape index (κ2) is 7.66. The maximum Gasteiger partial charge on any atom is 0.321 e. The molecule has 1 fully saturated rings. The van der Waals surface area contributed by atoms with Crippen LogP contribution in [0.2, 0.25) is 0 Å². The number of aliphatic hydroxyl groups is 1. The average Bonchev–Trinajstić information content (AvgIpc) is 2.64. The maximum atomic E-state index is 13.0. The quantitative estimate of drug-likeness (QED) is 0.882. The highest BCUT2D eigenvalue weighted by Crippen LogP contribution is 2.31. The normalized spacial score (nSPS) is 16.5. The molecule has 0 bridgehead atoms. The van der Waals surface area contributed by atoms with Crippen molar-refractivity contribution in [3.63, 3.8) is 0 Å². The zero-order valence-electron chi connectivity index (χ0n) is 14.3. The summed E-state index contributed by atoms with van der Waals surface area (Å²) >= 11 is 0. The van der Waals surface area contributed by atoms with Crippen LogP contribution in [0.15, 0.2) is 48.5 Å². The summed E-state index contributed by atoms with van der Waals surface area (Å²) in [5.74, 6) is -0.229. The summed E-state index contributed by atoms with van der Waals surface area (Å²) in [5.41, 5.74) is 2.65. The van der Waals surface area contributed by atoms with Gasteiger partial charge in [0.1, 0.15) is 5.82 Å². The van der Waals surface area contributed by atoms with E-state index in [4.69, 9.17) is 0 Å². The molecule has 5 heteroatoms. The molecule has 2 amide bonds. The zero-order chi connectivity index (χ0) is 17.8. The lowest BCUT2D eigenvalue weighted by Crippen LogP contribution is -2.42. The molecule has 1 aliphatic heterocycles. The highest BCUT2D eigenvalue weighted by Gasteiger charge is 2.28. The number of carbonyl (C=O) groups is 1. The van der Waals surface area contributed by atoms with Gasteiger partial charge in [-0.25, -0.2) is 9.18 Å². The van der Waals surface area contributed by atoms with Crippen LogP contribution in [-0.4, -0.2) is 29.1 Å². The van der Waals surface area contributed by atoms with Gasteiger partial charge in [0.15, 0.2) is 0 Å². The predicted molar refractivity (Wildman–Crippen MR) is 95.9 cm³/mol. The minimum Gasteiger partial charge on any atom is -0.388 e. The molecular formula is C20H23FN2O2. The number of aryl methyl sites for hydroxylation is 1. The van der Waals surface area contributed by atoms with Crippen molar-refractivity contribution in [2.45, 2.75) is 25.9 Å². The second-order valence-corrected chi connectivity index (χ2v) is 6.62. The van der Waals surface area contributed by atoms with Gasteiger partial charge >= 0.3 is 6.03 Å². The standard InChI is InChI=1S/C20H23FN2O2/c1-14-2-8-18(9-3-14)22-20(25)23-12-10-16(11-13-23)19(24)15-4-6-17(21)7-5-15/h2-9,16,19,24H,10-13H2,1H3,(H,22,25). The van der Waals surface area contributed by atoms with Crippen LogP contribution >= 0.6 is 0 Å². The number of carbonyl (C=O) groups excluding carboxylic acids is 1. The predicted octanol–water partition coefficient (Wildman–Crippen LogP) is 4.11. The molecule has 0 radical (unpaired) electrons. The Labute approximate surface area is 147 Å². The molecule has 25 heavy (non-hydrogen) atoms. The van der Waals surface area contributed by atoms with Crippen molar-refractivity contribution in [2.24, 2.45) is 5.92 Å². The first-order valence-electron chi connectivity index (χ1n) is 8.59. The maximum absolute atomic E-state index is 13.0. The van der Waals surface area contributed by atoms with Crippen LogP contribution in [0.1, 0.15) is 30.1 Å². The van der Waals surface area contributed by atoms with E-state index in [1.807, 2.05) is 31.2 Å². The van der Waals surface area contributed by atoms with Crippen LogP contribution in [0, 0.1) is 18.7 Å². The summed E-state index contributed by atoms with van der Waals surface area (Å²) in [6.45, 7) is 3.20. The van der Waals surface area contributed by atoms with Crippen molar-refractivity contribution in [3.05, 3.63) is 65.5 Å². The third-order valence-corrected chi connectivity index (χ3v) is 4.79. The minimum absolute atomic E-state index is 0.0777. The number of hydrogen-bond donors (Lipinski definition) is 2. The van der Waals surface area contributed by atoms with E-state index in [2.05, 4.69) is 5.32 Å². The van der Waals surface area contributed by atoms with Gasteiger partial charge in [-0.3, -0.25) is 0 Å². The molecule has 0 aliphatic carbocycles. The van der Waals surface area contributed by atoms with Gasteiger partial charge in [0, 0.05) is 18.8 Å². The van der Waals surface area contributed by atoms with Gasteiger partial charge in [0.2, 0.25) is 0 Å². The molecule has 3 rings (SSSR count). The molecule has 4 nitrogen and oxygen atoms in total. The Balaban J connectivity index is 1.53. The number of rotatable bonds is 3. The largest absolute Gasteiger partial charge is 0.388 e. The Kier molecular flexibility index (Phi) is 5.34. The first kappa shape index (κ1) is 17.4. The van der Waals surface area contributed by atoms with E-state index in [0.717, 1.165) is 29.7 Å². The summed E-state index contributed by atoms with van der Waals surface area (Å²) in [6, 6.07) is 13.6. The van der Waals surface area contributed by atoms with Gasteiger partial charge in [-0.1, -0.05) is 29.8 Å². The van der Waals surface area contributed by atoms with Crippen LogP contribution in [0.5, 0.6) is 0 Å². The SMILES string of the molecule is Cc1ccc(NC(=O)N2CCC(C(O)c3ccc(F)cc3)CC2)cc1. The van der Waals surface area contributed by atoms with Crippen LogP contribution in [0.3, 0.4) is 0 Å². The molecule has 132 valence electrons. The molecule has 1 unspecified atom stereocenters. The molecule has 2 aromatic rings. The molecule has 1 saturated heterocycles. The smallest absolute Gasteiger partial charge is 0.321 e. The monoisotopic (exact) mass is 342 g/mol. The summed E-state index contributed by atoms with van der Waals surface area (Å²) in [4.78, 5) is 14.1. The summed E-state index contributed by atoms with van der Waals surface area (Å²) in [7, 11) is 0. The van der Waals surface area contributed by atoms with Gasteiger partial charge in [-0.05, 0) is 55.5 Å². The second-order valence-electron chi connectivity index (χ2n) is 6.62. The molecule has 2 N–H and O–H groups in total. The van der Waals surface area contributed by atoms with E-state index in [1.165, 1.54) is 12.1 Å². The van der Waals surface area contributed by atoms with E-state index in [9.17, 15) is 14.3 Å². The van der Waals surface area contributed by atoms with Crippen LogP contribution in [0.25, 0.3) is 0 Å². The van der Waals surface area contributed by atoms with E-state index >= 15 is 0 Å². The van der Waals surface area contributed by atoms with Crippen molar-refractivity contribution >= 4 is 11.7 Å². The number of nitrogens with zero attached hydrogens (tertiary/aromatic N) is 1. The van der Waals surface area contributed by atoms with Crippen molar-refractivity contribution in [2.75, 3.05) is 18.4 Å². The number of nitrogens with one attached hydrogen (secondary N) is 1. The van der Waals surface area contributed by atoms with Crippen LogP contribution < -0.4 is 5.32 Å². The molecule has 0 aromatic heterocycles. The first-order chi connectivity index (χ1) is 12.0. The van der Waals surface area contributed by atoms with E-state index in [0.29, 0.717) is 13.1 Å². The van der Waals surface area contributed by atoms with Gasteiger partial charge in [-0.2, -0.15) is 0 Å². The number of aliphatic hydroxyl groups excluding tert-OH is 1. The number of benzene rings is 2. The lowest BCUT2D eigenvalue weighted by atomic mass is 9.87. The molecule has 0 spiro atoms. The lowest BCUT2D eigenvalue weighted by molar-refractivity contribution is 0.0682. The van der Waals surface area contributed by atoms with Gasteiger partial charge in [0.25, 0.3) is 0 Å². The van der Waals surface area contributed by atoms with Crippen molar-refractivity contribution in [1.82, 2.24) is 4.90 Å². The number of hydrogen-bond acceptors (Lipinski definition) is 2. The summed E-state index contributed by atoms with van der Waals surface area (Å²) in [5, 5.41) is 13.4. The van der Waals surface area contributed by atoms with Crippen molar-refractivity contribution in [3.8, 4) is 0 Å². The first-order valence-corrected chi connectivity index (χ1v) is 8.59. The topological polar surface area (TPSA) is 52.6 Å². The fourth-order valence-electron chi connectivity index (χ4n) is 3.19. The van der Waals surface area contributed by atoms with Crippen LogP contribution in [0.4, 0.5) is 14.9 Å². The Morgan fingerprint density at radius 1 is 1.12 bits per heavy atom. The van der Waals surface area contributed by atoms with Gasteiger partial charge in [0.05, 0.1) is 6.10 Å². The van der Waals surface area contributed by atoms with E-state index in [-0.39, 0.29) is 17.8 Å². The van der Waals surface area contributed by atoms with Gasteiger partial charge in [-0.15, -0.1) is 0 Å². The minimum atomic E-state index is -0.622. The number of likely N-dealkylation sites (tertiary alicyclic amines) is 1. The number of amides is 2. The Hall–Kier alpha value is -2.40. The third kappa shape index (κ3) is 4.37. The lowest BCUT2D eigenvalue weighted by Gasteiger charge is -2.34. The number of piperidine rings is 1. The third-order valence-electron chi connectivity index (χ3n) is 4.79. The summed E-state index contributed by atoms with van der Waals surface area (Å²) in [6.07, 6.45) is 0.822. The highest BCUT2D eigenvalue weighted by molar-refractivity contribution is 5.89. The van der Waals surface area contributed by atoms with Crippen molar-refractivity contribution in [1.29, 1.82) is 0 Å². The Morgan fingerprint density at radius 2 is 1.72 bits per heavy atom. The Morgan fingerprint density at radius 3 is 2.32 bits per heavy atom. The number of halogens is 1. The van der Waals surface area contributed by atoms with Crippen LogP contribution in [-0.2, 0) is 0 Å². The van der Waals surface area contributed by atoms with E-state index < -0.39 is 6.10 Å². The number of urea groups is 1. The van der Waals surface area contributed by atoms with Gasteiger partial charge < -0.3 is 15.3 Å².